The summed E-state index contributed by atoms with van der Waals surface area (Å²) in [5.74, 6) is -1.68. The summed E-state index contributed by atoms with van der Waals surface area (Å²) >= 11 is 0. The highest BCUT2D eigenvalue weighted by atomic mass is 19.1. The molecular formula is C14H17F2NO2. The zero-order valence-corrected chi connectivity index (χ0v) is 10.9. The predicted octanol–water partition coefficient (Wildman–Crippen LogP) is 2.52. The largest absolute Gasteiger partial charge is 0.465 e. The second-order valence-electron chi connectivity index (χ2n) is 3.96. The Labute approximate surface area is 111 Å². The number of hydrogen-bond acceptors (Lipinski definition) is 3. The quantitative estimate of drug-likeness (QED) is 0.562. The first-order valence-electron chi connectivity index (χ1n) is 6.00. The predicted molar refractivity (Wildman–Crippen MR) is 68.5 cm³/mol. The molecular weight excluding hydrogens is 252 g/mol. The van der Waals surface area contributed by atoms with Gasteiger partial charge >= 0.3 is 5.97 Å². The molecule has 0 heterocycles. The van der Waals surface area contributed by atoms with E-state index in [1.54, 1.807) is 17.9 Å². The van der Waals surface area contributed by atoms with Gasteiger partial charge in [-0.25, -0.2) is 8.78 Å². The minimum atomic E-state index is -0.627. The van der Waals surface area contributed by atoms with Crippen LogP contribution in [-0.2, 0) is 16.1 Å². The van der Waals surface area contributed by atoms with Crippen LogP contribution in [0.15, 0.2) is 30.9 Å². The first-order chi connectivity index (χ1) is 9.08. The molecule has 0 N–H and O–H groups in total. The zero-order chi connectivity index (χ0) is 14.3. The summed E-state index contributed by atoms with van der Waals surface area (Å²) in [6.07, 6.45) is 1.57. The number of nitrogens with zero attached hydrogens (tertiary/aromatic N) is 1. The third kappa shape index (κ3) is 4.79. The highest BCUT2D eigenvalue weighted by molar-refractivity contribution is 5.71. The molecule has 0 spiro atoms. The van der Waals surface area contributed by atoms with Crippen molar-refractivity contribution in [3.8, 4) is 0 Å². The number of hydrogen-bond donors (Lipinski definition) is 0. The summed E-state index contributed by atoms with van der Waals surface area (Å²) < 4.78 is 31.9. The third-order valence-electron chi connectivity index (χ3n) is 2.49. The maximum Gasteiger partial charge on any atom is 0.320 e. The van der Waals surface area contributed by atoms with E-state index in [2.05, 4.69) is 6.58 Å². The van der Waals surface area contributed by atoms with E-state index in [9.17, 15) is 13.6 Å². The third-order valence-corrected chi connectivity index (χ3v) is 2.49. The van der Waals surface area contributed by atoms with E-state index in [0.717, 1.165) is 0 Å². The average molecular weight is 269 g/mol. The fraction of sp³-hybridized carbons (Fsp3) is 0.357. The maximum atomic E-state index is 13.5. The van der Waals surface area contributed by atoms with Gasteiger partial charge in [0.15, 0.2) is 0 Å². The molecule has 0 amide bonds. The van der Waals surface area contributed by atoms with Crippen molar-refractivity contribution in [2.24, 2.45) is 0 Å². The smallest absolute Gasteiger partial charge is 0.320 e. The van der Waals surface area contributed by atoms with Crippen LogP contribution in [0, 0.1) is 11.6 Å². The van der Waals surface area contributed by atoms with Gasteiger partial charge in [-0.15, -0.1) is 6.58 Å². The number of carbonyl (C=O) groups is 1. The summed E-state index contributed by atoms with van der Waals surface area (Å²) in [4.78, 5) is 13.0. The Kier molecular flexibility index (Phi) is 6.15. The number of rotatable bonds is 7. The summed E-state index contributed by atoms with van der Waals surface area (Å²) in [7, 11) is 0. The summed E-state index contributed by atoms with van der Waals surface area (Å²) in [5, 5.41) is 0. The molecule has 104 valence electrons. The Balaban J connectivity index is 2.77. The first kappa shape index (κ1) is 15.3. The van der Waals surface area contributed by atoms with Crippen molar-refractivity contribution < 1.29 is 18.3 Å². The van der Waals surface area contributed by atoms with Crippen LogP contribution in [0.3, 0.4) is 0 Å². The normalized spacial score (nSPS) is 10.5. The van der Waals surface area contributed by atoms with Gasteiger partial charge in [0, 0.05) is 18.7 Å². The Morgan fingerprint density at radius 3 is 2.58 bits per heavy atom. The maximum absolute atomic E-state index is 13.5. The Morgan fingerprint density at radius 2 is 2.05 bits per heavy atom. The van der Waals surface area contributed by atoms with Crippen molar-refractivity contribution in [2.45, 2.75) is 13.5 Å². The molecule has 1 aromatic carbocycles. The lowest BCUT2D eigenvalue weighted by Gasteiger charge is -2.20. The van der Waals surface area contributed by atoms with Crippen molar-refractivity contribution in [3.63, 3.8) is 0 Å². The highest BCUT2D eigenvalue weighted by Gasteiger charge is 2.15. The molecule has 0 radical (unpaired) electrons. The van der Waals surface area contributed by atoms with Gasteiger partial charge in [0.05, 0.1) is 13.2 Å². The van der Waals surface area contributed by atoms with E-state index in [-0.39, 0.29) is 25.3 Å². The Morgan fingerprint density at radius 1 is 1.42 bits per heavy atom. The van der Waals surface area contributed by atoms with Crippen LogP contribution < -0.4 is 0 Å². The first-order valence-corrected chi connectivity index (χ1v) is 6.00. The lowest BCUT2D eigenvalue weighted by molar-refractivity contribution is -0.144. The molecule has 5 heteroatoms. The summed E-state index contributed by atoms with van der Waals surface area (Å²) in [6, 6.07) is 3.68. The van der Waals surface area contributed by atoms with Gasteiger partial charge in [-0.1, -0.05) is 12.1 Å². The molecule has 0 fully saturated rings. The summed E-state index contributed by atoms with van der Waals surface area (Å²) in [5.41, 5.74) is -0.0614. The van der Waals surface area contributed by atoms with Crippen molar-refractivity contribution in [3.05, 3.63) is 48.1 Å². The fourth-order valence-corrected chi connectivity index (χ4v) is 1.66. The van der Waals surface area contributed by atoms with Crippen molar-refractivity contribution >= 4 is 5.97 Å². The molecule has 0 aliphatic heterocycles. The van der Waals surface area contributed by atoms with Crippen LogP contribution >= 0.6 is 0 Å². The Bertz CT molecular complexity index is 429. The van der Waals surface area contributed by atoms with Gasteiger partial charge in [0.1, 0.15) is 11.6 Å². The molecule has 0 atom stereocenters. The molecule has 1 rings (SSSR count). The number of ether oxygens (including phenoxy) is 1. The van der Waals surface area contributed by atoms with Crippen molar-refractivity contribution in [2.75, 3.05) is 19.7 Å². The van der Waals surface area contributed by atoms with Crippen LogP contribution in [0.25, 0.3) is 0 Å². The van der Waals surface area contributed by atoms with Gasteiger partial charge in [0.25, 0.3) is 0 Å². The van der Waals surface area contributed by atoms with Crippen molar-refractivity contribution in [1.82, 2.24) is 4.90 Å². The van der Waals surface area contributed by atoms with E-state index < -0.39 is 17.6 Å². The number of halogens is 2. The lowest BCUT2D eigenvalue weighted by Crippen LogP contribution is -2.31. The SMILES string of the molecule is C=CCN(CC(=O)OCC)Cc1c(F)cccc1F. The minimum Gasteiger partial charge on any atom is -0.465 e. The van der Waals surface area contributed by atoms with Gasteiger partial charge in [0.2, 0.25) is 0 Å². The number of esters is 1. The minimum absolute atomic E-state index is 0.0106. The van der Waals surface area contributed by atoms with Gasteiger partial charge in [-0.2, -0.15) is 0 Å². The molecule has 1 aromatic rings. The van der Waals surface area contributed by atoms with Gasteiger partial charge in [-0.3, -0.25) is 9.69 Å². The standard InChI is InChI=1S/C14H17F2NO2/c1-3-8-17(10-14(18)19-4-2)9-11-12(15)6-5-7-13(11)16/h3,5-7H,1,4,8-10H2,2H3. The monoisotopic (exact) mass is 269 g/mol. The van der Waals surface area contributed by atoms with E-state index in [0.29, 0.717) is 6.54 Å². The second kappa shape index (κ2) is 7.63. The van der Waals surface area contributed by atoms with E-state index in [4.69, 9.17) is 4.74 Å². The molecule has 0 aliphatic carbocycles. The van der Waals surface area contributed by atoms with E-state index in [1.165, 1.54) is 18.2 Å². The molecule has 0 saturated heterocycles. The van der Waals surface area contributed by atoms with E-state index >= 15 is 0 Å². The molecule has 0 aromatic heterocycles. The van der Waals surface area contributed by atoms with E-state index in [1.807, 2.05) is 0 Å². The Hall–Kier alpha value is -1.75. The van der Waals surface area contributed by atoms with Crippen LogP contribution in [0.2, 0.25) is 0 Å². The topological polar surface area (TPSA) is 29.5 Å². The number of carbonyl (C=O) groups excluding carboxylic acids is 1. The van der Waals surface area contributed by atoms with Crippen LogP contribution in [-0.4, -0.2) is 30.6 Å². The van der Waals surface area contributed by atoms with Crippen molar-refractivity contribution in [1.29, 1.82) is 0 Å². The number of benzene rings is 1. The van der Waals surface area contributed by atoms with Crippen LogP contribution in [0.5, 0.6) is 0 Å². The van der Waals surface area contributed by atoms with Crippen LogP contribution in [0.4, 0.5) is 8.78 Å². The fourth-order valence-electron chi connectivity index (χ4n) is 1.66. The van der Waals surface area contributed by atoms with Gasteiger partial charge < -0.3 is 4.74 Å². The lowest BCUT2D eigenvalue weighted by atomic mass is 10.2. The molecule has 0 bridgehead atoms. The molecule has 19 heavy (non-hydrogen) atoms. The van der Waals surface area contributed by atoms with Gasteiger partial charge in [-0.05, 0) is 19.1 Å². The second-order valence-corrected chi connectivity index (χ2v) is 3.96. The molecule has 0 saturated carbocycles. The highest BCUT2D eigenvalue weighted by Crippen LogP contribution is 2.14. The summed E-state index contributed by atoms with van der Waals surface area (Å²) in [6.45, 7) is 5.83. The zero-order valence-electron chi connectivity index (χ0n) is 10.9. The molecule has 0 unspecified atom stereocenters. The average Bonchev–Trinajstić information content (AvgIpc) is 2.34. The molecule has 3 nitrogen and oxygen atoms in total. The van der Waals surface area contributed by atoms with Crippen LogP contribution in [0.1, 0.15) is 12.5 Å². The molecule has 0 aliphatic rings.